The molecule has 0 saturated carbocycles. The number of quaternary nitrogens is 1. The highest BCUT2D eigenvalue weighted by Crippen LogP contribution is 2.14. The SMILES string of the molecule is CC/C=C\C/C=C\C/C=C\C/C=C\C/C=C\C/C=C\C/C=C\CCCCCCCCCC(=O)OC(COC(=O)CCCCCCCCC/C=C\C/C=C\C/C=C\CC)COC(OCC[N+](C)(C)C)C(=O)O. The van der Waals surface area contributed by atoms with Gasteiger partial charge in [-0.15, -0.1) is 0 Å². The predicted molar refractivity (Wildman–Crippen MR) is 299 cm³/mol. The van der Waals surface area contributed by atoms with Gasteiger partial charge in [-0.2, -0.15) is 0 Å². The molecule has 0 bridgehead atoms. The lowest BCUT2D eigenvalue weighted by Gasteiger charge is -2.25. The van der Waals surface area contributed by atoms with Crippen LogP contribution in [0.1, 0.15) is 194 Å². The van der Waals surface area contributed by atoms with E-state index in [0.29, 0.717) is 17.4 Å². The van der Waals surface area contributed by atoms with Gasteiger partial charge >= 0.3 is 17.9 Å². The van der Waals surface area contributed by atoms with Gasteiger partial charge in [0.1, 0.15) is 13.2 Å². The lowest BCUT2D eigenvalue weighted by Crippen LogP contribution is -2.40. The second kappa shape index (κ2) is 52.0. The average molecular weight is 989 g/mol. The molecule has 0 amide bonds. The first-order valence-corrected chi connectivity index (χ1v) is 27.7. The van der Waals surface area contributed by atoms with Gasteiger partial charge in [-0.25, -0.2) is 4.79 Å². The smallest absolute Gasteiger partial charge is 0.361 e. The maximum atomic E-state index is 12.9. The van der Waals surface area contributed by atoms with E-state index >= 15 is 0 Å². The van der Waals surface area contributed by atoms with E-state index in [2.05, 4.69) is 135 Å². The Morgan fingerprint density at radius 2 is 0.761 bits per heavy atom. The number of esters is 2. The molecular weight excluding hydrogens is 887 g/mol. The van der Waals surface area contributed by atoms with Gasteiger partial charge in [0.25, 0.3) is 6.29 Å². The fourth-order valence-electron chi connectivity index (χ4n) is 7.01. The molecule has 2 unspecified atom stereocenters. The lowest BCUT2D eigenvalue weighted by molar-refractivity contribution is -0.870. The fraction of sp³-hybridized carbons (Fsp3) is 0.629. The number of nitrogens with zero attached hydrogens (tertiary/aromatic N) is 1. The van der Waals surface area contributed by atoms with Crippen LogP contribution in [0.3, 0.4) is 0 Å². The Balaban J connectivity index is 4.34. The van der Waals surface area contributed by atoms with Gasteiger partial charge in [0.2, 0.25) is 0 Å². The van der Waals surface area contributed by atoms with Gasteiger partial charge in [-0.05, 0) is 103 Å². The molecule has 9 nitrogen and oxygen atoms in total. The van der Waals surface area contributed by atoms with Crippen molar-refractivity contribution in [2.75, 3.05) is 47.5 Å². The number of carboxylic acid groups (broad SMARTS) is 1. The van der Waals surface area contributed by atoms with Crippen molar-refractivity contribution in [3.8, 4) is 0 Å². The van der Waals surface area contributed by atoms with Crippen LogP contribution in [0.15, 0.2) is 122 Å². The highest BCUT2D eigenvalue weighted by molar-refractivity contribution is 5.71. The second-order valence-corrected chi connectivity index (χ2v) is 19.1. The van der Waals surface area contributed by atoms with Crippen molar-refractivity contribution in [1.82, 2.24) is 0 Å². The zero-order valence-electron chi connectivity index (χ0n) is 45.6. The first-order chi connectivity index (χ1) is 34.6. The summed E-state index contributed by atoms with van der Waals surface area (Å²) < 4.78 is 22.8. The summed E-state index contributed by atoms with van der Waals surface area (Å²) in [5.74, 6) is -2.05. The zero-order chi connectivity index (χ0) is 52.0. The number of carbonyl (C=O) groups is 3. The maximum Gasteiger partial charge on any atom is 0.361 e. The van der Waals surface area contributed by atoms with E-state index in [9.17, 15) is 19.5 Å². The van der Waals surface area contributed by atoms with E-state index in [1.165, 1.54) is 38.5 Å². The van der Waals surface area contributed by atoms with E-state index in [1.807, 2.05) is 21.1 Å². The molecular formula is C62H102NO8+. The number of unbranched alkanes of at least 4 members (excludes halogenated alkanes) is 14. The number of carboxylic acids is 1. The molecule has 9 heteroatoms. The van der Waals surface area contributed by atoms with Gasteiger partial charge in [0.15, 0.2) is 6.10 Å². The van der Waals surface area contributed by atoms with Crippen LogP contribution in [0.5, 0.6) is 0 Å². The van der Waals surface area contributed by atoms with E-state index in [4.69, 9.17) is 18.9 Å². The Labute approximate surface area is 434 Å². The summed E-state index contributed by atoms with van der Waals surface area (Å²) in [6.07, 6.45) is 69.8. The molecule has 0 heterocycles. The number of hydrogen-bond donors (Lipinski definition) is 1. The fourth-order valence-corrected chi connectivity index (χ4v) is 7.01. The van der Waals surface area contributed by atoms with E-state index in [1.54, 1.807) is 0 Å². The molecule has 2 atom stereocenters. The highest BCUT2D eigenvalue weighted by atomic mass is 16.7. The van der Waals surface area contributed by atoms with Crippen LogP contribution in [-0.4, -0.2) is 87.4 Å². The van der Waals surface area contributed by atoms with Crippen molar-refractivity contribution < 1.29 is 42.9 Å². The molecule has 1 N–H and O–H groups in total. The second-order valence-electron chi connectivity index (χ2n) is 19.1. The molecule has 0 spiro atoms. The largest absolute Gasteiger partial charge is 0.477 e. The molecule has 0 aliphatic carbocycles. The normalized spacial score (nSPS) is 13.8. The molecule has 0 rings (SSSR count). The third-order valence-electron chi connectivity index (χ3n) is 11.2. The zero-order valence-corrected chi connectivity index (χ0v) is 45.6. The van der Waals surface area contributed by atoms with Gasteiger partial charge in [0.05, 0.1) is 34.4 Å². The Hall–Kier alpha value is -4.31. The van der Waals surface area contributed by atoms with Crippen molar-refractivity contribution in [3.63, 3.8) is 0 Å². The molecule has 402 valence electrons. The number of aliphatic carboxylic acids is 1. The molecule has 0 radical (unpaired) electrons. The van der Waals surface area contributed by atoms with Crippen LogP contribution < -0.4 is 0 Å². The maximum absolute atomic E-state index is 12.9. The van der Waals surface area contributed by atoms with Crippen molar-refractivity contribution >= 4 is 17.9 Å². The van der Waals surface area contributed by atoms with Crippen LogP contribution in [0, 0.1) is 0 Å². The summed E-state index contributed by atoms with van der Waals surface area (Å²) in [5, 5.41) is 9.69. The first kappa shape index (κ1) is 66.7. The topological polar surface area (TPSA) is 108 Å². The number of carbonyl (C=O) groups excluding carboxylic acids is 2. The van der Waals surface area contributed by atoms with Crippen LogP contribution in [0.25, 0.3) is 0 Å². The van der Waals surface area contributed by atoms with Crippen LogP contribution in [0.2, 0.25) is 0 Å². The molecule has 0 fully saturated rings. The Morgan fingerprint density at radius 3 is 1.13 bits per heavy atom. The highest BCUT2D eigenvalue weighted by Gasteiger charge is 2.25. The molecule has 0 saturated heterocycles. The van der Waals surface area contributed by atoms with Crippen LogP contribution in [0.4, 0.5) is 0 Å². The minimum Gasteiger partial charge on any atom is -0.477 e. The number of hydrogen-bond acceptors (Lipinski definition) is 7. The minimum absolute atomic E-state index is 0.176. The van der Waals surface area contributed by atoms with Crippen molar-refractivity contribution in [2.24, 2.45) is 0 Å². The van der Waals surface area contributed by atoms with Crippen LogP contribution in [-0.2, 0) is 33.3 Å². The number of allylic oxidation sites excluding steroid dienone is 20. The van der Waals surface area contributed by atoms with Gasteiger partial charge < -0.3 is 28.5 Å². The average Bonchev–Trinajstić information content (AvgIpc) is 3.34. The summed E-state index contributed by atoms with van der Waals surface area (Å²) in [7, 11) is 5.95. The third-order valence-corrected chi connectivity index (χ3v) is 11.2. The Bertz CT molecular complexity index is 1570. The number of ether oxygens (including phenoxy) is 4. The van der Waals surface area contributed by atoms with Gasteiger partial charge in [-0.1, -0.05) is 200 Å². The Kier molecular flexibility index (Phi) is 48.9. The van der Waals surface area contributed by atoms with E-state index in [-0.39, 0.29) is 38.6 Å². The quantitative estimate of drug-likeness (QED) is 0.0211. The summed E-state index contributed by atoms with van der Waals surface area (Å²) in [4.78, 5) is 37.4. The molecule has 0 aromatic rings. The van der Waals surface area contributed by atoms with Crippen molar-refractivity contribution in [2.45, 2.75) is 206 Å². The Morgan fingerprint density at radius 1 is 0.423 bits per heavy atom. The summed E-state index contributed by atoms with van der Waals surface area (Å²) >= 11 is 0. The molecule has 0 aromatic carbocycles. The third kappa shape index (κ3) is 53.3. The van der Waals surface area contributed by atoms with Crippen LogP contribution >= 0.6 is 0 Å². The van der Waals surface area contributed by atoms with Crippen molar-refractivity contribution in [3.05, 3.63) is 122 Å². The number of likely N-dealkylation sites (N-methyl/N-ethyl adjacent to an activating group) is 1. The summed E-state index contributed by atoms with van der Waals surface area (Å²) in [6, 6.07) is 0. The standard InChI is InChI=1S/C62H101NO8/c1-6-8-10-12-14-16-18-20-22-24-25-26-27-28-29-30-31-32-33-34-35-37-39-41-43-45-47-49-51-53-60(65)71-58(57-70-62(61(66)67)68-55-54-63(3,4)5)56-69-59(64)52-50-48-46-44-42-40-38-36-23-21-19-17-15-13-11-9-7-2/h8-11,14-17,20-23,25-26,28-29,31-32,34-35,58,62H,6-7,12-13,18-19,24,27,30,33,36-57H2,1-5H3/p+1/b10-8-,11-9-,16-14-,17-15-,22-20-,23-21-,26-25-,29-28-,32-31-,35-34-. The van der Waals surface area contributed by atoms with E-state index in [0.717, 1.165) is 122 Å². The summed E-state index contributed by atoms with van der Waals surface area (Å²) in [6.45, 7) is 4.60. The van der Waals surface area contributed by atoms with Crippen molar-refractivity contribution in [1.29, 1.82) is 0 Å². The molecule has 0 aromatic heterocycles. The molecule has 0 aliphatic heterocycles. The monoisotopic (exact) mass is 989 g/mol. The van der Waals surface area contributed by atoms with Gasteiger partial charge in [0, 0.05) is 12.8 Å². The summed E-state index contributed by atoms with van der Waals surface area (Å²) in [5.41, 5.74) is 0. The predicted octanol–water partition coefficient (Wildman–Crippen LogP) is 16.1. The first-order valence-electron chi connectivity index (χ1n) is 27.7. The molecule has 0 aliphatic rings. The lowest BCUT2D eigenvalue weighted by atomic mass is 10.1. The number of rotatable bonds is 49. The molecule has 71 heavy (non-hydrogen) atoms. The van der Waals surface area contributed by atoms with E-state index < -0.39 is 24.3 Å². The minimum atomic E-state index is -1.52. The van der Waals surface area contributed by atoms with Gasteiger partial charge in [-0.3, -0.25) is 9.59 Å².